The standard InChI is InChI=1S/C20H22N2O2.CH4O.Co/c1-2-3-10-18(22-14-17-9-5-7-12-20(17)24)15-21-13-16-8-4-6-11-19(16)23;1-2;/h2-9,11-14,18,21-22H,10,15H2,1H3;2H,1H3;/b3-2+,16-13-,17-14-;;. The third kappa shape index (κ3) is 9.19. The van der Waals surface area contributed by atoms with Crippen LogP contribution >= 0.6 is 0 Å². The summed E-state index contributed by atoms with van der Waals surface area (Å²) >= 11 is 0. The predicted molar refractivity (Wildman–Crippen MR) is 105 cm³/mol. The number of allylic oxidation sites excluding steroid dienone is 11. The van der Waals surface area contributed by atoms with E-state index in [4.69, 9.17) is 5.11 Å². The minimum Gasteiger partial charge on any atom is -0.400 e. The maximum absolute atomic E-state index is 11.7. The van der Waals surface area contributed by atoms with E-state index in [1.54, 1.807) is 48.9 Å². The summed E-state index contributed by atoms with van der Waals surface area (Å²) in [5.41, 5.74) is 1.27. The third-order valence-electron chi connectivity index (χ3n) is 3.59. The van der Waals surface area contributed by atoms with Gasteiger partial charge in [-0.05, 0) is 37.6 Å². The van der Waals surface area contributed by atoms with Gasteiger partial charge in [0.15, 0.2) is 11.6 Å². The predicted octanol–water partition coefficient (Wildman–Crippen LogP) is 2.26. The zero-order valence-electron chi connectivity index (χ0n) is 15.5. The SMILES string of the molecule is C/C=C/CC(CN/C=C1/C=CC=CC1=O)N/C=C1/C=CC=CC1=O.CO.[Co]. The molecular formula is C21H26CoN2O3. The zero-order valence-corrected chi connectivity index (χ0v) is 16.6. The first-order chi connectivity index (χ1) is 12.7. The largest absolute Gasteiger partial charge is 0.400 e. The van der Waals surface area contributed by atoms with Crippen molar-refractivity contribution in [3.63, 3.8) is 0 Å². The van der Waals surface area contributed by atoms with Crippen molar-refractivity contribution in [3.8, 4) is 0 Å². The van der Waals surface area contributed by atoms with Gasteiger partial charge in [0.25, 0.3) is 0 Å². The zero-order chi connectivity index (χ0) is 19.2. The smallest absolute Gasteiger partial charge is 0.187 e. The Hall–Kier alpha value is -2.41. The number of hydrogen-bond donors (Lipinski definition) is 3. The van der Waals surface area contributed by atoms with Gasteiger partial charge < -0.3 is 15.7 Å². The Balaban J connectivity index is 0.00000218. The molecule has 0 spiro atoms. The molecule has 2 aliphatic carbocycles. The molecule has 147 valence electrons. The summed E-state index contributed by atoms with van der Waals surface area (Å²) in [5.74, 6) is -0.00982. The van der Waals surface area contributed by atoms with Crippen LogP contribution in [0.25, 0.3) is 0 Å². The van der Waals surface area contributed by atoms with Gasteiger partial charge in [-0.1, -0.05) is 36.5 Å². The summed E-state index contributed by atoms with van der Waals surface area (Å²) in [6.45, 7) is 2.61. The van der Waals surface area contributed by atoms with E-state index >= 15 is 0 Å². The van der Waals surface area contributed by atoms with Gasteiger partial charge in [0.2, 0.25) is 0 Å². The van der Waals surface area contributed by atoms with E-state index in [1.165, 1.54) is 0 Å². The van der Waals surface area contributed by atoms with Crippen molar-refractivity contribution in [2.45, 2.75) is 19.4 Å². The fourth-order valence-electron chi connectivity index (χ4n) is 2.23. The van der Waals surface area contributed by atoms with Crippen LogP contribution in [0, 0.1) is 0 Å². The Morgan fingerprint density at radius 3 is 1.96 bits per heavy atom. The molecule has 1 radical (unpaired) electrons. The van der Waals surface area contributed by atoms with E-state index in [-0.39, 0.29) is 34.4 Å². The van der Waals surface area contributed by atoms with E-state index in [1.807, 2.05) is 25.2 Å². The maximum Gasteiger partial charge on any atom is 0.187 e. The molecule has 0 aliphatic heterocycles. The van der Waals surface area contributed by atoms with Crippen molar-refractivity contribution < 1.29 is 31.5 Å². The molecule has 2 aliphatic rings. The number of hydrogen-bond acceptors (Lipinski definition) is 5. The number of rotatable bonds is 7. The van der Waals surface area contributed by atoms with E-state index < -0.39 is 0 Å². The monoisotopic (exact) mass is 413 g/mol. The Morgan fingerprint density at radius 2 is 1.44 bits per heavy atom. The molecule has 0 bridgehead atoms. The van der Waals surface area contributed by atoms with Crippen molar-refractivity contribution in [1.29, 1.82) is 0 Å². The van der Waals surface area contributed by atoms with Gasteiger partial charge in [-0.2, -0.15) is 0 Å². The first-order valence-electron chi connectivity index (χ1n) is 8.44. The number of aliphatic hydroxyl groups is 1. The number of carbonyl (C=O) groups is 2. The molecule has 1 atom stereocenters. The van der Waals surface area contributed by atoms with Crippen LogP contribution in [-0.4, -0.2) is 36.4 Å². The third-order valence-corrected chi connectivity index (χ3v) is 3.59. The van der Waals surface area contributed by atoms with Gasteiger partial charge >= 0.3 is 0 Å². The molecule has 0 fully saturated rings. The van der Waals surface area contributed by atoms with Crippen molar-refractivity contribution in [2.24, 2.45) is 0 Å². The molecular weight excluding hydrogens is 387 g/mol. The Labute approximate surface area is 171 Å². The molecule has 0 aromatic rings. The summed E-state index contributed by atoms with van der Waals surface area (Å²) in [5, 5.41) is 13.5. The van der Waals surface area contributed by atoms with Gasteiger partial charge in [-0.25, -0.2) is 0 Å². The minimum absolute atomic E-state index is 0. The fourth-order valence-corrected chi connectivity index (χ4v) is 2.23. The molecule has 1 unspecified atom stereocenters. The van der Waals surface area contributed by atoms with E-state index in [0.29, 0.717) is 17.7 Å². The summed E-state index contributed by atoms with van der Waals surface area (Å²) in [4.78, 5) is 23.4. The molecule has 0 aromatic heterocycles. The molecule has 5 nitrogen and oxygen atoms in total. The summed E-state index contributed by atoms with van der Waals surface area (Å²) in [6, 6.07) is 0.107. The van der Waals surface area contributed by atoms with Crippen molar-refractivity contribution in [1.82, 2.24) is 10.6 Å². The summed E-state index contributed by atoms with van der Waals surface area (Å²) < 4.78 is 0. The average molecular weight is 413 g/mol. The van der Waals surface area contributed by atoms with Gasteiger partial charge in [0.1, 0.15) is 0 Å². The first-order valence-corrected chi connectivity index (χ1v) is 8.44. The summed E-state index contributed by atoms with van der Waals surface area (Å²) in [7, 11) is 1.00. The number of carbonyl (C=O) groups excluding carboxylic acids is 2. The molecule has 0 amide bonds. The fraction of sp³-hybridized carbons (Fsp3) is 0.238. The molecule has 0 aromatic carbocycles. The average Bonchev–Trinajstić information content (AvgIpc) is 2.67. The molecule has 0 saturated carbocycles. The molecule has 0 heterocycles. The molecule has 0 saturated heterocycles. The van der Waals surface area contributed by atoms with Gasteiger partial charge in [-0.3, -0.25) is 9.59 Å². The molecule has 2 rings (SSSR count). The van der Waals surface area contributed by atoms with Crippen molar-refractivity contribution in [3.05, 3.63) is 84.3 Å². The Bertz CT molecular complexity index is 698. The second kappa shape index (κ2) is 14.7. The topological polar surface area (TPSA) is 78.4 Å². The van der Waals surface area contributed by atoms with Gasteiger partial charge in [0.05, 0.1) is 0 Å². The van der Waals surface area contributed by atoms with Crippen LogP contribution in [0.2, 0.25) is 0 Å². The normalized spacial score (nSPS) is 19.1. The van der Waals surface area contributed by atoms with Crippen LogP contribution in [0.1, 0.15) is 13.3 Å². The number of ketones is 2. The minimum atomic E-state index is -0.00501. The van der Waals surface area contributed by atoms with Crippen LogP contribution in [-0.2, 0) is 26.4 Å². The summed E-state index contributed by atoms with van der Waals surface area (Å²) in [6.07, 6.45) is 22.1. The van der Waals surface area contributed by atoms with Gasteiger partial charge in [0, 0.05) is 60.0 Å². The van der Waals surface area contributed by atoms with E-state index in [0.717, 1.165) is 13.5 Å². The molecule has 3 N–H and O–H groups in total. The van der Waals surface area contributed by atoms with Crippen LogP contribution in [0.3, 0.4) is 0 Å². The maximum atomic E-state index is 11.7. The van der Waals surface area contributed by atoms with Crippen LogP contribution in [0.4, 0.5) is 0 Å². The van der Waals surface area contributed by atoms with Gasteiger partial charge in [-0.15, -0.1) is 0 Å². The Kier molecular flexibility index (Phi) is 13.4. The van der Waals surface area contributed by atoms with Crippen molar-refractivity contribution >= 4 is 11.6 Å². The van der Waals surface area contributed by atoms with Crippen LogP contribution in [0.5, 0.6) is 0 Å². The Morgan fingerprint density at radius 1 is 0.926 bits per heavy atom. The number of aliphatic hydroxyl groups excluding tert-OH is 1. The van der Waals surface area contributed by atoms with Crippen LogP contribution < -0.4 is 10.6 Å². The van der Waals surface area contributed by atoms with Crippen LogP contribution in [0.15, 0.2) is 84.3 Å². The van der Waals surface area contributed by atoms with E-state index in [9.17, 15) is 9.59 Å². The second-order valence-corrected chi connectivity index (χ2v) is 5.44. The second-order valence-electron chi connectivity index (χ2n) is 5.44. The van der Waals surface area contributed by atoms with Crippen molar-refractivity contribution in [2.75, 3.05) is 13.7 Å². The molecule has 27 heavy (non-hydrogen) atoms. The molecule has 6 heteroatoms. The quantitative estimate of drug-likeness (QED) is 0.441. The first kappa shape index (κ1) is 24.6. The number of nitrogens with one attached hydrogen (secondary N) is 2. The van der Waals surface area contributed by atoms with E-state index in [2.05, 4.69) is 16.7 Å².